The van der Waals surface area contributed by atoms with E-state index in [-0.39, 0.29) is 53.8 Å². The lowest BCUT2D eigenvalue weighted by Crippen LogP contribution is -2.28. The molecule has 0 saturated heterocycles. The normalized spacial score (nSPS) is 14.4. The van der Waals surface area contributed by atoms with Gasteiger partial charge in [0.2, 0.25) is 0 Å². The van der Waals surface area contributed by atoms with Crippen LogP contribution in [-0.4, -0.2) is 36.2 Å². The van der Waals surface area contributed by atoms with Crippen molar-refractivity contribution in [3.63, 3.8) is 0 Å². The Morgan fingerprint density at radius 3 is 2.77 bits per heavy atom. The fraction of sp³-hybridized carbons (Fsp3) is 0.269. The van der Waals surface area contributed by atoms with Crippen LogP contribution in [0.3, 0.4) is 0 Å². The number of pyridine rings is 3. The molecule has 0 unspecified atom stereocenters. The molecular formula is C26H21ClF3N5O4. The molecular weight excluding hydrogens is 539 g/mol. The number of hydrogen-bond donors (Lipinski definition) is 1. The Labute approximate surface area is 227 Å². The molecule has 0 bridgehead atoms. The van der Waals surface area contributed by atoms with Crippen molar-refractivity contribution in [3.05, 3.63) is 92.4 Å². The molecule has 4 aromatic rings. The molecule has 0 atom stereocenters. The summed E-state index contributed by atoms with van der Waals surface area (Å²) in [6.45, 7) is -0.0259. The van der Waals surface area contributed by atoms with Gasteiger partial charge in [0, 0.05) is 42.2 Å². The number of aromatic nitrogens is 5. The van der Waals surface area contributed by atoms with Gasteiger partial charge < -0.3 is 14.6 Å². The third-order valence-electron chi connectivity index (χ3n) is 5.76. The summed E-state index contributed by atoms with van der Waals surface area (Å²) in [4.78, 5) is 29.4. The molecule has 0 amide bonds. The van der Waals surface area contributed by atoms with Crippen molar-refractivity contribution in [3.8, 4) is 22.8 Å². The Morgan fingerprint density at radius 1 is 1.23 bits per heavy atom. The zero-order chi connectivity index (χ0) is 29.7. The van der Waals surface area contributed by atoms with E-state index in [9.17, 15) is 18.7 Å². The minimum atomic E-state index is -2.96. The summed E-state index contributed by atoms with van der Waals surface area (Å²) in [6.07, 6.45) is 3.33. The van der Waals surface area contributed by atoms with Crippen LogP contribution in [-0.2, 0) is 29.9 Å². The summed E-state index contributed by atoms with van der Waals surface area (Å²) >= 11 is 6.31. The SMILES string of the molecule is [2H]C([2H])(Oc1cc2n(c(=O)c1Cl)-c1c(cnc(-c3ccnc(C(C)(C)O)n3)c1F)COCC2)c1ncc(F)cc1F. The number of fused-ring (bicyclic) bond motifs is 3. The van der Waals surface area contributed by atoms with Crippen molar-refractivity contribution >= 4 is 11.6 Å². The van der Waals surface area contributed by atoms with E-state index in [0.29, 0.717) is 12.3 Å². The largest absolute Gasteiger partial charge is 0.485 e. The average molecular weight is 562 g/mol. The number of rotatable bonds is 5. The fourth-order valence-corrected chi connectivity index (χ4v) is 4.07. The van der Waals surface area contributed by atoms with Crippen LogP contribution in [0, 0.1) is 17.5 Å². The lowest BCUT2D eigenvalue weighted by molar-refractivity contribution is 0.0688. The first-order valence-electron chi connectivity index (χ1n) is 12.5. The molecule has 13 heteroatoms. The minimum Gasteiger partial charge on any atom is -0.485 e. The molecule has 4 aromatic heterocycles. The molecule has 1 N–H and O–H groups in total. The molecule has 0 fully saturated rings. The van der Waals surface area contributed by atoms with Gasteiger partial charge >= 0.3 is 0 Å². The summed E-state index contributed by atoms with van der Waals surface area (Å²) in [5, 5.41) is 9.67. The zero-order valence-electron chi connectivity index (χ0n) is 22.5. The van der Waals surface area contributed by atoms with E-state index in [2.05, 4.69) is 19.9 Å². The first kappa shape index (κ1) is 24.2. The van der Waals surface area contributed by atoms with Gasteiger partial charge in [-0.25, -0.2) is 23.1 Å². The van der Waals surface area contributed by atoms with Gasteiger partial charge in [-0.2, -0.15) is 0 Å². The quantitative estimate of drug-likeness (QED) is 0.389. The second kappa shape index (κ2) is 10.4. The van der Waals surface area contributed by atoms with E-state index in [1.54, 1.807) is 0 Å². The highest BCUT2D eigenvalue weighted by Crippen LogP contribution is 2.32. The third kappa shape index (κ3) is 5.22. The summed E-state index contributed by atoms with van der Waals surface area (Å²) in [7, 11) is 0. The van der Waals surface area contributed by atoms with Crippen molar-refractivity contribution in [1.29, 1.82) is 0 Å². The molecule has 0 aliphatic carbocycles. The van der Waals surface area contributed by atoms with Crippen molar-refractivity contribution < 1.29 is 30.5 Å². The van der Waals surface area contributed by atoms with Crippen molar-refractivity contribution in [2.24, 2.45) is 0 Å². The zero-order valence-corrected chi connectivity index (χ0v) is 21.3. The Hall–Kier alpha value is -3.87. The average Bonchev–Trinajstić information content (AvgIpc) is 2.88. The molecule has 9 nitrogen and oxygen atoms in total. The molecule has 5 rings (SSSR count). The molecule has 5 heterocycles. The molecule has 202 valence electrons. The van der Waals surface area contributed by atoms with E-state index in [1.807, 2.05) is 0 Å². The summed E-state index contributed by atoms with van der Waals surface area (Å²) in [6, 6.07) is 3.04. The van der Waals surface area contributed by atoms with E-state index in [4.69, 9.17) is 23.8 Å². The van der Waals surface area contributed by atoms with Crippen LogP contribution < -0.4 is 10.3 Å². The van der Waals surface area contributed by atoms with E-state index < -0.39 is 51.6 Å². The smallest absolute Gasteiger partial charge is 0.278 e. The van der Waals surface area contributed by atoms with Gasteiger partial charge in [0.1, 0.15) is 40.1 Å². The first-order chi connectivity index (χ1) is 19.3. The summed E-state index contributed by atoms with van der Waals surface area (Å²) in [5.41, 5.74) is -3.31. The van der Waals surface area contributed by atoms with Gasteiger partial charge in [-0.3, -0.25) is 19.3 Å². The van der Waals surface area contributed by atoms with Crippen LogP contribution in [0.2, 0.25) is 5.02 Å². The maximum Gasteiger partial charge on any atom is 0.278 e. The molecule has 0 aromatic carbocycles. The highest BCUT2D eigenvalue weighted by Gasteiger charge is 2.27. The lowest BCUT2D eigenvalue weighted by Gasteiger charge is -2.23. The predicted molar refractivity (Wildman–Crippen MR) is 133 cm³/mol. The molecule has 0 spiro atoms. The van der Waals surface area contributed by atoms with Gasteiger partial charge in [-0.05, 0) is 19.9 Å². The van der Waals surface area contributed by atoms with Gasteiger partial charge in [0.05, 0.1) is 33.5 Å². The van der Waals surface area contributed by atoms with Gasteiger partial charge in [0.25, 0.3) is 5.56 Å². The fourth-order valence-electron chi connectivity index (χ4n) is 3.89. The van der Waals surface area contributed by atoms with Crippen LogP contribution in [0.5, 0.6) is 5.75 Å². The Morgan fingerprint density at radius 2 is 2.03 bits per heavy atom. The minimum absolute atomic E-state index is 0.0232. The van der Waals surface area contributed by atoms with E-state index in [0.717, 1.165) is 4.57 Å². The molecule has 1 aliphatic rings. The molecule has 0 saturated carbocycles. The van der Waals surface area contributed by atoms with Crippen LogP contribution in [0.25, 0.3) is 17.1 Å². The number of hydrogen-bond acceptors (Lipinski definition) is 8. The second-order valence-corrected chi connectivity index (χ2v) is 9.44. The van der Waals surface area contributed by atoms with Gasteiger partial charge in [0.15, 0.2) is 17.5 Å². The topological polar surface area (TPSA) is 112 Å². The number of nitrogens with zero attached hydrogens (tertiary/aromatic N) is 5. The van der Waals surface area contributed by atoms with Gasteiger partial charge in [-0.1, -0.05) is 11.6 Å². The number of ether oxygens (including phenoxy) is 2. The number of halogens is 4. The highest BCUT2D eigenvalue weighted by molar-refractivity contribution is 6.31. The first-order valence-corrected chi connectivity index (χ1v) is 11.9. The third-order valence-corrected chi connectivity index (χ3v) is 6.10. The number of aliphatic hydroxyl groups is 1. The maximum atomic E-state index is 16.2. The second-order valence-electron chi connectivity index (χ2n) is 9.06. The Balaban J connectivity index is 1.65. The van der Waals surface area contributed by atoms with Crippen LogP contribution in [0.1, 0.15) is 39.4 Å². The predicted octanol–water partition coefficient (Wildman–Crippen LogP) is 4.03. The van der Waals surface area contributed by atoms with E-state index in [1.165, 1.54) is 38.4 Å². The Kier molecular flexibility index (Phi) is 6.43. The van der Waals surface area contributed by atoms with Crippen LogP contribution >= 0.6 is 11.6 Å². The van der Waals surface area contributed by atoms with Gasteiger partial charge in [-0.15, -0.1) is 0 Å². The molecule has 1 aliphatic heterocycles. The molecule has 0 radical (unpaired) electrons. The highest BCUT2D eigenvalue weighted by atomic mass is 35.5. The van der Waals surface area contributed by atoms with Crippen molar-refractivity contribution in [2.45, 2.75) is 39.0 Å². The summed E-state index contributed by atoms with van der Waals surface area (Å²) in [5.74, 6) is -3.71. The van der Waals surface area contributed by atoms with Crippen molar-refractivity contribution in [1.82, 2.24) is 24.5 Å². The maximum absolute atomic E-state index is 16.2. The van der Waals surface area contributed by atoms with E-state index >= 15 is 4.39 Å². The Bertz CT molecular complexity index is 1730. The monoisotopic (exact) mass is 561 g/mol. The van der Waals surface area contributed by atoms with Crippen molar-refractivity contribution in [2.75, 3.05) is 6.61 Å². The standard InChI is InChI=1S/C26H21ClF3N5O4/c1-26(2,37)25-31-5-3-17(34-25)22-21(30)23-13(9-33-22)11-38-6-4-15-8-19(20(27)24(36)35(15)23)39-12-18-16(29)7-14(28)10-32-18/h3,5,7-10,37H,4,6,11-12H2,1-2H3/i12D2. The summed E-state index contributed by atoms with van der Waals surface area (Å²) < 4.78 is 72.0. The van der Waals surface area contributed by atoms with Crippen LogP contribution in [0.15, 0.2) is 41.6 Å². The van der Waals surface area contributed by atoms with Crippen LogP contribution in [0.4, 0.5) is 13.2 Å². The lowest BCUT2D eigenvalue weighted by atomic mass is 10.1. The molecule has 39 heavy (non-hydrogen) atoms.